The predicted octanol–water partition coefficient (Wildman–Crippen LogP) is 6.93. The second-order valence-corrected chi connectivity index (χ2v) is 16.1. The molecule has 2 aromatic heterocycles. The summed E-state index contributed by atoms with van der Waals surface area (Å²) in [6, 6.07) is 12.4. The Morgan fingerprint density at radius 1 is 1.14 bits per heavy atom. The predicted molar refractivity (Wildman–Crippen MR) is 170 cm³/mol. The summed E-state index contributed by atoms with van der Waals surface area (Å²) in [5, 5.41) is 6.15. The summed E-state index contributed by atoms with van der Waals surface area (Å²) in [5.41, 5.74) is 3.82. The molecule has 2 unspecified atom stereocenters. The lowest BCUT2D eigenvalue weighted by Gasteiger charge is -2.50. The number of nitrogens with zero attached hydrogens (tertiary/aromatic N) is 3. The van der Waals surface area contributed by atoms with E-state index in [0.29, 0.717) is 51.3 Å². The highest BCUT2D eigenvalue weighted by Gasteiger charge is 2.61. The van der Waals surface area contributed by atoms with Crippen molar-refractivity contribution in [2.45, 2.75) is 75.7 Å². The van der Waals surface area contributed by atoms with Crippen molar-refractivity contribution in [1.29, 1.82) is 0 Å². The quantitative estimate of drug-likeness (QED) is 0.214. The SMILES string of the molecule is CS(=O)(=O)NC(=O)c1nsc2cc(N3C4CCC3C3(CC(OCc5c(-c6c(Cl)cccc6Cl)noc5C5CC5)C3)C4)ccc12. The molecule has 4 fully saturated rings. The molecule has 230 valence electrons. The van der Waals surface area contributed by atoms with Crippen LogP contribution in [0.3, 0.4) is 0 Å². The van der Waals surface area contributed by atoms with E-state index in [0.717, 1.165) is 72.9 Å². The van der Waals surface area contributed by atoms with Crippen LogP contribution in [0.1, 0.15) is 72.7 Å². The molecule has 2 atom stereocenters. The molecule has 1 amide bonds. The molecule has 2 saturated carbocycles. The molecule has 2 aliphatic heterocycles. The highest BCUT2D eigenvalue weighted by molar-refractivity contribution is 7.89. The number of hydrogen-bond donors (Lipinski definition) is 1. The van der Waals surface area contributed by atoms with Crippen molar-refractivity contribution in [2.75, 3.05) is 11.2 Å². The molecule has 1 spiro atoms. The molecule has 2 aliphatic carbocycles. The van der Waals surface area contributed by atoms with E-state index in [-0.39, 0.29) is 17.2 Å². The zero-order valence-electron chi connectivity index (χ0n) is 23.9. The van der Waals surface area contributed by atoms with Crippen molar-refractivity contribution in [2.24, 2.45) is 5.41 Å². The van der Waals surface area contributed by atoms with Crippen LogP contribution in [0.15, 0.2) is 40.9 Å². The number of hydrogen-bond acceptors (Lipinski definition) is 9. The van der Waals surface area contributed by atoms with Crippen molar-refractivity contribution in [3.8, 4) is 11.3 Å². The van der Waals surface area contributed by atoms with Crippen molar-refractivity contribution < 1.29 is 22.5 Å². The number of sulfonamides is 1. The Bertz CT molecular complexity index is 1890. The van der Waals surface area contributed by atoms with E-state index in [9.17, 15) is 13.2 Å². The average Bonchev–Trinajstić information content (AvgIpc) is 3.27. The number of benzene rings is 2. The molecule has 4 aliphatic rings. The third kappa shape index (κ3) is 4.83. The first-order valence-corrected chi connectivity index (χ1v) is 18.3. The third-order valence-electron chi connectivity index (χ3n) is 9.80. The zero-order chi connectivity index (χ0) is 30.4. The first-order valence-electron chi connectivity index (χ1n) is 14.8. The van der Waals surface area contributed by atoms with Gasteiger partial charge in [0.15, 0.2) is 5.69 Å². The van der Waals surface area contributed by atoms with Crippen LogP contribution in [-0.2, 0) is 21.4 Å². The van der Waals surface area contributed by atoms with Gasteiger partial charge in [0, 0.05) is 40.2 Å². The maximum atomic E-state index is 12.5. The maximum Gasteiger partial charge on any atom is 0.285 e. The van der Waals surface area contributed by atoms with Crippen LogP contribution in [0.2, 0.25) is 10.0 Å². The maximum absolute atomic E-state index is 12.5. The highest BCUT2D eigenvalue weighted by atomic mass is 35.5. The Morgan fingerprint density at radius 2 is 1.91 bits per heavy atom. The topological polar surface area (TPSA) is 115 Å². The minimum absolute atomic E-state index is 0.138. The number of anilines is 1. The lowest BCUT2D eigenvalue weighted by molar-refractivity contribution is -0.0968. The first kappa shape index (κ1) is 28.8. The smallest absolute Gasteiger partial charge is 0.285 e. The molecule has 2 saturated heterocycles. The van der Waals surface area contributed by atoms with E-state index >= 15 is 0 Å². The molecule has 44 heavy (non-hydrogen) atoms. The Morgan fingerprint density at radius 3 is 2.64 bits per heavy atom. The molecule has 4 aromatic rings. The molecular weight excluding hydrogens is 643 g/mol. The van der Waals surface area contributed by atoms with E-state index in [1.807, 2.05) is 35.1 Å². The average molecular weight is 674 g/mol. The summed E-state index contributed by atoms with van der Waals surface area (Å²) >= 11 is 14.3. The van der Waals surface area contributed by atoms with Gasteiger partial charge >= 0.3 is 0 Å². The van der Waals surface area contributed by atoms with Crippen LogP contribution in [0.25, 0.3) is 21.3 Å². The summed E-state index contributed by atoms with van der Waals surface area (Å²) in [6.45, 7) is 0.419. The van der Waals surface area contributed by atoms with E-state index in [2.05, 4.69) is 20.5 Å². The highest BCUT2D eigenvalue weighted by Crippen LogP contribution is 2.61. The van der Waals surface area contributed by atoms with E-state index in [1.165, 1.54) is 11.5 Å². The van der Waals surface area contributed by atoms with Gasteiger partial charge in [0.2, 0.25) is 10.0 Å². The lowest BCUT2D eigenvalue weighted by atomic mass is 9.59. The van der Waals surface area contributed by atoms with E-state index in [4.69, 9.17) is 32.5 Å². The van der Waals surface area contributed by atoms with Gasteiger partial charge in [-0.1, -0.05) is 34.4 Å². The van der Waals surface area contributed by atoms with Gasteiger partial charge in [-0.15, -0.1) is 0 Å². The Labute approximate surface area is 269 Å². The number of fused-ring (bicyclic) bond motifs is 4. The second-order valence-electron chi connectivity index (χ2n) is 12.7. The van der Waals surface area contributed by atoms with E-state index < -0.39 is 15.9 Å². The van der Waals surface area contributed by atoms with E-state index in [1.54, 1.807) is 0 Å². The van der Waals surface area contributed by atoms with Gasteiger partial charge in [-0.2, -0.15) is 4.37 Å². The van der Waals surface area contributed by atoms with Crippen LogP contribution in [0.4, 0.5) is 5.69 Å². The minimum atomic E-state index is -3.67. The second kappa shape index (κ2) is 10.4. The van der Waals surface area contributed by atoms with Crippen molar-refractivity contribution in [3.63, 3.8) is 0 Å². The number of ether oxygens (including phenoxy) is 1. The molecule has 8 rings (SSSR count). The molecule has 0 radical (unpaired) electrons. The summed E-state index contributed by atoms with van der Waals surface area (Å²) in [7, 11) is -3.67. The lowest BCUT2D eigenvalue weighted by Crippen LogP contribution is -2.50. The van der Waals surface area contributed by atoms with Gasteiger partial charge in [0.25, 0.3) is 5.91 Å². The van der Waals surface area contributed by atoms with Crippen LogP contribution in [0.5, 0.6) is 0 Å². The number of amides is 1. The summed E-state index contributed by atoms with van der Waals surface area (Å²) in [4.78, 5) is 15.0. The van der Waals surface area contributed by atoms with Crippen molar-refractivity contribution >= 4 is 66.4 Å². The van der Waals surface area contributed by atoms with Crippen molar-refractivity contribution in [1.82, 2.24) is 14.3 Å². The van der Waals surface area contributed by atoms with Crippen LogP contribution in [-0.4, -0.2) is 48.3 Å². The molecule has 2 aromatic carbocycles. The van der Waals surface area contributed by atoms with Crippen molar-refractivity contribution in [3.05, 3.63) is 63.5 Å². The van der Waals surface area contributed by atoms with Gasteiger partial charge in [-0.3, -0.25) is 4.79 Å². The molecule has 9 nitrogen and oxygen atoms in total. The van der Waals surface area contributed by atoms with Crippen LogP contribution >= 0.6 is 34.7 Å². The van der Waals surface area contributed by atoms with Gasteiger partial charge in [-0.25, -0.2) is 13.1 Å². The van der Waals surface area contributed by atoms with Crippen LogP contribution in [0, 0.1) is 5.41 Å². The van der Waals surface area contributed by atoms with Gasteiger partial charge in [-0.05, 0) is 92.2 Å². The molecular formula is C31H30Cl2N4O5S2. The number of aromatic nitrogens is 2. The monoisotopic (exact) mass is 672 g/mol. The summed E-state index contributed by atoms with van der Waals surface area (Å²) < 4.78 is 42.6. The molecule has 1 N–H and O–H groups in total. The Hall–Kier alpha value is -2.70. The zero-order valence-corrected chi connectivity index (χ0v) is 27.0. The van der Waals surface area contributed by atoms with Gasteiger partial charge < -0.3 is 14.2 Å². The first-order chi connectivity index (χ1) is 21.1. The number of halogens is 2. The third-order valence-corrected chi connectivity index (χ3v) is 11.8. The number of carbonyl (C=O) groups is 1. The number of carbonyl (C=O) groups excluding carboxylic acids is 1. The molecule has 4 heterocycles. The molecule has 2 bridgehead atoms. The minimum Gasteiger partial charge on any atom is -0.373 e. The fourth-order valence-corrected chi connectivity index (χ4v) is 9.62. The molecule has 13 heteroatoms. The van der Waals surface area contributed by atoms with Gasteiger partial charge in [0.1, 0.15) is 11.5 Å². The fraction of sp³-hybridized carbons (Fsp3) is 0.452. The Balaban J connectivity index is 0.974. The largest absolute Gasteiger partial charge is 0.373 e. The normalized spacial score (nSPS) is 26.1. The number of nitrogens with one attached hydrogen (secondary N) is 1. The standard InChI is InChI=1S/C31H30Cl2N4O5S2/c1-44(39,40)36-30(38)28-20-9-7-17(11-24(20)43-35-28)37-18-8-10-25(37)31(12-18)13-19(14-31)41-15-21-27(34-42-29(21)16-5-6-16)26-22(32)3-2-4-23(26)33/h2-4,7,9,11,16,18-19,25H,5-6,8,10,12-15H2,1H3,(H,36,38). The van der Waals surface area contributed by atoms with Crippen LogP contribution < -0.4 is 9.62 Å². The van der Waals surface area contributed by atoms with Gasteiger partial charge in [0.05, 0.1) is 33.7 Å². The summed E-state index contributed by atoms with van der Waals surface area (Å²) in [6.07, 6.45) is 8.76. The number of rotatable bonds is 8. The fourth-order valence-electron chi connectivity index (χ4n) is 7.80. The Kier molecular flexibility index (Phi) is 6.81. The summed E-state index contributed by atoms with van der Waals surface area (Å²) in [5.74, 6) is 0.570.